The van der Waals surface area contributed by atoms with E-state index in [0.29, 0.717) is 16.8 Å². The summed E-state index contributed by atoms with van der Waals surface area (Å²) >= 11 is 7.65. The Bertz CT molecular complexity index is 952. The zero-order chi connectivity index (χ0) is 18.8. The minimum absolute atomic E-state index is 0.463. The van der Waals surface area contributed by atoms with Gasteiger partial charge in [-0.1, -0.05) is 23.7 Å². The van der Waals surface area contributed by atoms with E-state index in [4.69, 9.17) is 16.3 Å². The molecule has 0 aliphatic carbocycles. The zero-order valence-electron chi connectivity index (χ0n) is 15.0. The smallest absolute Gasteiger partial charge is 0.215 e. The molecule has 0 spiro atoms. The Morgan fingerprint density at radius 1 is 1.33 bits per heavy atom. The fourth-order valence-corrected chi connectivity index (χ4v) is 4.75. The first kappa shape index (κ1) is 18.3. The Hall–Kier alpha value is -2.02. The number of carbonyl (C=O) groups excluding carboxylic acids is 1. The third-order valence-electron chi connectivity index (χ3n) is 4.87. The van der Waals surface area contributed by atoms with Crippen LogP contribution in [0.2, 0.25) is 5.02 Å². The van der Waals surface area contributed by atoms with Crippen LogP contribution in [0.4, 0.5) is 5.82 Å². The summed E-state index contributed by atoms with van der Waals surface area (Å²) in [6.45, 7) is 1.62. The van der Waals surface area contributed by atoms with E-state index in [0.717, 1.165) is 65.1 Å². The largest absolute Gasteiger partial charge is 0.381 e. The molecular weight excluding hydrogens is 382 g/mol. The van der Waals surface area contributed by atoms with Crippen molar-refractivity contribution >= 4 is 45.3 Å². The van der Waals surface area contributed by atoms with E-state index in [1.165, 1.54) is 4.90 Å². The van der Waals surface area contributed by atoms with Gasteiger partial charge in [-0.3, -0.25) is 9.69 Å². The molecule has 5 nitrogen and oxygen atoms in total. The third kappa shape index (κ3) is 3.83. The van der Waals surface area contributed by atoms with E-state index >= 15 is 0 Å². The van der Waals surface area contributed by atoms with E-state index < -0.39 is 0 Å². The van der Waals surface area contributed by atoms with Gasteiger partial charge in [0.15, 0.2) is 5.82 Å². The first-order valence-electron chi connectivity index (χ1n) is 8.96. The number of aromatic nitrogens is 2. The Balaban J connectivity index is 1.79. The molecule has 0 bridgehead atoms. The quantitative estimate of drug-likeness (QED) is 0.587. The van der Waals surface area contributed by atoms with Gasteiger partial charge in [0.1, 0.15) is 0 Å². The Morgan fingerprint density at radius 3 is 2.85 bits per heavy atom. The van der Waals surface area contributed by atoms with Crippen LogP contribution in [0.15, 0.2) is 30.3 Å². The third-order valence-corrected chi connectivity index (χ3v) is 6.30. The molecule has 1 aromatic carbocycles. The summed E-state index contributed by atoms with van der Waals surface area (Å²) in [6, 6.07) is 9.93. The lowest BCUT2D eigenvalue weighted by molar-refractivity contribution is -0.107. The number of amides is 1. The number of hydrogen-bond acceptors (Lipinski definition) is 5. The second kappa shape index (κ2) is 7.92. The molecule has 4 rings (SSSR count). The van der Waals surface area contributed by atoms with Crippen LogP contribution in [0, 0.1) is 5.92 Å². The van der Waals surface area contributed by atoms with Crippen molar-refractivity contribution in [2.45, 2.75) is 19.3 Å². The summed E-state index contributed by atoms with van der Waals surface area (Å²) in [5.74, 6) is 1.05. The summed E-state index contributed by atoms with van der Waals surface area (Å²) in [7, 11) is 1.70. The van der Waals surface area contributed by atoms with Gasteiger partial charge in [-0.05, 0) is 48.9 Å². The lowest BCUT2D eigenvalue weighted by Gasteiger charge is -2.22. The number of fused-ring (bicyclic) bond motifs is 1. The predicted molar refractivity (Wildman–Crippen MR) is 110 cm³/mol. The first-order valence-corrected chi connectivity index (χ1v) is 10.2. The fourth-order valence-electron chi connectivity index (χ4n) is 3.41. The highest BCUT2D eigenvalue weighted by Gasteiger charge is 2.21. The topological polar surface area (TPSA) is 55.3 Å². The van der Waals surface area contributed by atoms with Gasteiger partial charge in [-0.25, -0.2) is 0 Å². The maximum atomic E-state index is 11.3. The number of nitrogens with zero attached hydrogens (tertiary/aromatic N) is 3. The summed E-state index contributed by atoms with van der Waals surface area (Å²) in [5.41, 5.74) is 2.06. The minimum atomic E-state index is 0.463. The average molecular weight is 402 g/mol. The van der Waals surface area contributed by atoms with Crippen molar-refractivity contribution in [1.29, 1.82) is 0 Å². The molecular formula is C20H20ClN3O2S. The number of halogens is 1. The Kier molecular flexibility index (Phi) is 5.38. The Morgan fingerprint density at radius 2 is 2.15 bits per heavy atom. The fraction of sp³-hybridized carbons (Fsp3) is 0.350. The van der Waals surface area contributed by atoms with Crippen LogP contribution in [0.3, 0.4) is 0 Å². The van der Waals surface area contributed by atoms with E-state index in [2.05, 4.69) is 16.3 Å². The number of hydrogen-bond donors (Lipinski definition) is 0. The van der Waals surface area contributed by atoms with Gasteiger partial charge in [-0.15, -0.1) is 16.4 Å². The highest BCUT2D eigenvalue weighted by molar-refractivity contribution is 7.22. The number of carbonyl (C=O) groups is 1. The van der Waals surface area contributed by atoms with Crippen LogP contribution in [-0.2, 0) is 16.0 Å². The zero-order valence-corrected chi connectivity index (χ0v) is 16.6. The van der Waals surface area contributed by atoms with Crippen LogP contribution in [-0.4, -0.2) is 36.9 Å². The summed E-state index contributed by atoms with van der Waals surface area (Å²) < 4.78 is 6.60. The van der Waals surface area contributed by atoms with Crippen molar-refractivity contribution in [3.63, 3.8) is 0 Å². The molecule has 1 fully saturated rings. The van der Waals surface area contributed by atoms with Gasteiger partial charge >= 0.3 is 0 Å². The molecule has 3 aromatic rings. The van der Waals surface area contributed by atoms with Crippen LogP contribution in [0.25, 0.3) is 20.5 Å². The molecule has 140 valence electrons. The molecule has 2 aromatic heterocycles. The van der Waals surface area contributed by atoms with Crippen molar-refractivity contribution in [2.75, 3.05) is 25.2 Å². The van der Waals surface area contributed by atoms with E-state index in [9.17, 15) is 4.79 Å². The number of rotatable bonds is 5. The maximum absolute atomic E-state index is 11.3. The van der Waals surface area contributed by atoms with Gasteiger partial charge in [0.2, 0.25) is 6.41 Å². The van der Waals surface area contributed by atoms with Crippen LogP contribution >= 0.6 is 22.9 Å². The van der Waals surface area contributed by atoms with Gasteiger partial charge in [0.05, 0.1) is 10.4 Å². The number of anilines is 1. The number of benzene rings is 1. The molecule has 1 saturated heterocycles. The number of thiophene rings is 1. The van der Waals surface area contributed by atoms with E-state index in [1.807, 2.05) is 24.3 Å². The molecule has 0 saturated carbocycles. The van der Waals surface area contributed by atoms with E-state index in [-0.39, 0.29) is 0 Å². The second-order valence-corrected chi connectivity index (χ2v) is 8.32. The van der Waals surface area contributed by atoms with Gasteiger partial charge < -0.3 is 4.74 Å². The van der Waals surface area contributed by atoms with Crippen LogP contribution in [0.1, 0.15) is 18.5 Å². The monoisotopic (exact) mass is 401 g/mol. The van der Waals surface area contributed by atoms with Crippen molar-refractivity contribution < 1.29 is 9.53 Å². The highest BCUT2D eigenvalue weighted by Crippen LogP contribution is 2.39. The molecule has 1 atom stereocenters. The minimum Gasteiger partial charge on any atom is -0.381 e. The van der Waals surface area contributed by atoms with E-state index in [1.54, 1.807) is 18.4 Å². The SMILES string of the molecule is CN(C=O)c1nnc(CC2CCCOC2)c2cc(-c3ccc(Cl)cc3)sc12. The highest BCUT2D eigenvalue weighted by atomic mass is 35.5. The lowest BCUT2D eigenvalue weighted by Crippen LogP contribution is -2.21. The lowest BCUT2D eigenvalue weighted by atomic mass is 9.95. The van der Waals surface area contributed by atoms with Gasteiger partial charge in [0.25, 0.3) is 0 Å². The van der Waals surface area contributed by atoms with Crippen LogP contribution < -0.4 is 4.90 Å². The molecule has 1 aliphatic heterocycles. The van der Waals surface area contributed by atoms with Gasteiger partial charge in [-0.2, -0.15) is 5.10 Å². The Labute approximate surface area is 166 Å². The molecule has 27 heavy (non-hydrogen) atoms. The summed E-state index contributed by atoms with van der Waals surface area (Å²) in [5, 5.41) is 10.6. The van der Waals surface area contributed by atoms with Crippen molar-refractivity contribution in [3.05, 3.63) is 41.0 Å². The molecule has 1 amide bonds. The second-order valence-electron chi connectivity index (χ2n) is 6.83. The normalized spacial score (nSPS) is 17.2. The molecule has 1 aliphatic rings. The standard InChI is InChI=1S/C20H20ClN3O2S/c1-24(12-25)20-19-16(10-18(27-19)14-4-6-15(21)7-5-14)17(22-23-20)9-13-3-2-8-26-11-13/h4-7,10,12-13H,2-3,8-9,11H2,1H3. The van der Waals surface area contributed by atoms with Crippen molar-refractivity contribution in [2.24, 2.45) is 5.92 Å². The summed E-state index contributed by atoms with van der Waals surface area (Å²) in [6.07, 6.45) is 3.84. The molecule has 1 unspecified atom stereocenters. The molecule has 7 heteroatoms. The first-order chi connectivity index (χ1) is 13.2. The number of ether oxygens (including phenoxy) is 1. The maximum Gasteiger partial charge on any atom is 0.215 e. The molecule has 3 heterocycles. The van der Waals surface area contributed by atoms with Crippen molar-refractivity contribution in [3.8, 4) is 10.4 Å². The molecule has 0 radical (unpaired) electrons. The average Bonchev–Trinajstić information content (AvgIpc) is 3.15. The molecule has 0 N–H and O–H groups in total. The van der Waals surface area contributed by atoms with Gasteiger partial charge in [0, 0.05) is 35.5 Å². The summed E-state index contributed by atoms with van der Waals surface area (Å²) in [4.78, 5) is 13.9. The van der Waals surface area contributed by atoms with Crippen LogP contribution in [0.5, 0.6) is 0 Å². The predicted octanol–water partition coefficient (Wildman–Crippen LogP) is 4.57. The van der Waals surface area contributed by atoms with Crippen molar-refractivity contribution in [1.82, 2.24) is 10.2 Å².